The molecule has 3 fully saturated rings. The SMILES string of the molecule is O=S(=O)(c1ccc(NCC2(N3CCOCC3)CCCCC2)nc1)N1CCCC1. The molecule has 1 aromatic rings. The second kappa shape index (κ2) is 8.65. The van der Waals surface area contributed by atoms with Crippen molar-refractivity contribution in [2.75, 3.05) is 51.3 Å². The fourth-order valence-corrected chi connectivity index (χ4v) is 6.29. The lowest BCUT2D eigenvalue weighted by Crippen LogP contribution is -2.58. The van der Waals surface area contributed by atoms with Crippen molar-refractivity contribution in [3.8, 4) is 0 Å². The van der Waals surface area contributed by atoms with Gasteiger partial charge in [-0.05, 0) is 37.8 Å². The van der Waals surface area contributed by atoms with Crippen molar-refractivity contribution in [1.82, 2.24) is 14.2 Å². The van der Waals surface area contributed by atoms with E-state index in [2.05, 4.69) is 15.2 Å². The largest absolute Gasteiger partial charge is 0.379 e. The van der Waals surface area contributed by atoms with E-state index in [0.29, 0.717) is 18.0 Å². The number of hydrogen-bond donors (Lipinski definition) is 1. The quantitative estimate of drug-likeness (QED) is 0.779. The number of pyridine rings is 1. The summed E-state index contributed by atoms with van der Waals surface area (Å²) >= 11 is 0. The zero-order chi connectivity index (χ0) is 19.5. The lowest BCUT2D eigenvalue weighted by molar-refractivity contribution is -0.0318. The van der Waals surface area contributed by atoms with E-state index in [1.165, 1.54) is 38.3 Å². The maximum absolute atomic E-state index is 12.7. The highest BCUT2D eigenvalue weighted by atomic mass is 32.2. The van der Waals surface area contributed by atoms with Gasteiger partial charge in [0.15, 0.2) is 0 Å². The average molecular weight is 409 g/mol. The zero-order valence-electron chi connectivity index (χ0n) is 16.6. The van der Waals surface area contributed by atoms with E-state index in [4.69, 9.17) is 4.74 Å². The molecule has 8 heteroatoms. The van der Waals surface area contributed by atoms with Crippen LogP contribution >= 0.6 is 0 Å². The third kappa shape index (κ3) is 4.20. The Hall–Kier alpha value is -1.22. The zero-order valence-corrected chi connectivity index (χ0v) is 17.4. The number of sulfonamides is 1. The first-order valence-electron chi connectivity index (χ1n) is 10.6. The van der Waals surface area contributed by atoms with Crippen LogP contribution in [0.3, 0.4) is 0 Å². The Morgan fingerprint density at radius 3 is 2.36 bits per heavy atom. The molecule has 2 aliphatic heterocycles. The van der Waals surface area contributed by atoms with Crippen molar-refractivity contribution in [2.24, 2.45) is 0 Å². The summed E-state index contributed by atoms with van der Waals surface area (Å²) in [6, 6.07) is 3.49. The molecule has 0 bridgehead atoms. The van der Waals surface area contributed by atoms with Gasteiger partial charge in [-0.15, -0.1) is 0 Å². The van der Waals surface area contributed by atoms with Gasteiger partial charge in [0.1, 0.15) is 10.7 Å². The van der Waals surface area contributed by atoms with Gasteiger partial charge < -0.3 is 10.1 Å². The summed E-state index contributed by atoms with van der Waals surface area (Å²) in [5, 5.41) is 3.50. The number of rotatable bonds is 6. The normalized spacial score (nSPS) is 24.3. The molecule has 0 atom stereocenters. The van der Waals surface area contributed by atoms with Gasteiger partial charge >= 0.3 is 0 Å². The first-order valence-corrected chi connectivity index (χ1v) is 12.1. The van der Waals surface area contributed by atoms with E-state index in [1.807, 2.05) is 0 Å². The first kappa shape index (κ1) is 20.1. The number of ether oxygens (including phenoxy) is 1. The molecule has 7 nitrogen and oxygen atoms in total. The van der Waals surface area contributed by atoms with E-state index >= 15 is 0 Å². The van der Waals surface area contributed by atoms with Crippen molar-refractivity contribution in [1.29, 1.82) is 0 Å². The third-order valence-corrected chi connectivity index (χ3v) is 8.39. The second-order valence-corrected chi connectivity index (χ2v) is 10.2. The molecule has 0 spiro atoms. The number of anilines is 1. The highest BCUT2D eigenvalue weighted by Gasteiger charge is 2.38. The number of aromatic nitrogens is 1. The Balaban J connectivity index is 1.43. The maximum Gasteiger partial charge on any atom is 0.244 e. The molecule has 3 heterocycles. The first-order chi connectivity index (χ1) is 13.6. The van der Waals surface area contributed by atoms with Crippen LogP contribution in [0.2, 0.25) is 0 Å². The molecule has 156 valence electrons. The summed E-state index contributed by atoms with van der Waals surface area (Å²) in [5.74, 6) is 0.749. The fourth-order valence-electron chi connectivity index (χ4n) is 4.82. The average Bonchev–Trinajstić information content (AvgIpc) is 3.30. The standard InChI is InChI=1S/C20H32N4O3S/c25-28(26,24-10-4-5-11-24)18-6-7-19(21-16-18)22-17-20(8-2-1-3-9-20)23-12-14-27-15-13-23/h6-7,16H,1-5,8-15,17H2,(H,21,22). The van der Waals surface area contributed by atoms with E-state index in [-0.39, 0.29) is 5.54 Å². The lowest BCUT2D eigenvalue weighted by atomic mass is 9.79. The summed E-state index contributed by atoms with van der Waals surface area (Å²) in [4.78, 5) is 7.30. The second-order valence-electron chi connectivity index (χ2n) is 8.23. The molecule has 28 heavy (non-hydrogen) atoms. The van der Waals surface area contributed by atoms with Crippen LogP contribution in [-0.2, 0) is 14.8 Å². The number of morpholine rings is 1. The Morgan fingerprint density at radius 1 is 1.00 bits per heavy atom. The van der Waals surface area contributed by atoms with Crippen molar-refractivity contribution in [3.63, 3.8) is 0 Å². The molecular weight excluding hydrogens is 376 g/mol. The van der Waals surface area contributed by atoms with Crippen molar-refractivity contribution in [3.05, 3.63) is 18.3 Å². The Morgan fingerprint density at radius 2 is 1.71 bits per heavy atom. The molecule has 1 saturated carbocycles. The van der Waals surface area contributed by atoms with Crippen molar-refractivity contribution >= 4 is 15.8 Å². The van der Waals surface area contributed by atoms with Gasteiger partial charge in [0.05, 0.1) is 13.2 Å². The van der Waals surface area contributed by atoms with Crippen LogP contribution in [0.4, 0.5) is 5.82 Å². The Kier molecular flexibility index (Phi) is 6.20. The minimum absolute atomic E-state index is 0.157. The van der Waals surface area contributed by atoms with Crippen LogP contribution in [0.5, 0.6) is 0 Å². The molecule has 0 aromatic carbocycles. The molecule has 4 rings (SSSR count). The number of nitrogens with one attached hydrogen (secondary N) is 1. The minimum atomic E-state index is -3.40. The van der Waals surface area contributed by atoms with Gasteiger partial charge in [-0.1, -0.05) is 19.3 Å². The van der Waals surface area contributed by atoms with Crippen LogP contribution < -0.4 is 5.32 Å². The fraction of sp³-hybridized carbons (Fsp3) is 0.750. The summed E-state index contributed by atoms with van der Waals surface area (Å²) in [7, 11) is -3.40. The molecule has 0 unspecified atom stereocenters. The summed E-state index contributed by atoms with van der Waals surface area (Å²) in [6.45, 7) is 5.67. The lowest BCUT2D eigenvalue weighted by Gasteiger charge is -2.48. The molecule has 3 aliphatic rings. The molecule has 1 N–H and O–H groups in total. The Bertz CT molecular complexity index is 735. The molecular formula is C20H32N4O3S. The summed E-state index contributed by atoms with van der Waals surface area (Å²) < 4.78 is 32.4. The van der Waals surface area contributed by atoms with Crippen LogP contribution in [0, 0.1) is 0 Å². The van der Waals surface area contributed by atoms with Gasteiger partial charge in [-0.2, -0.15) is 4.31 Å². The van der Waals surface area contributed by atoms with Gasteiger partial charge in [0.25, 0.3) is 0 Å². The number of nitrogens with zero attached hydrogens (tertiary/aromatic N) is 3. The minimum Gasteiger partial charge on any atom is -0.379 e. The molecule has 0 radical (unpaired) electrons. The van der Waals surface area contributed by atoms with Crippen molar-refractivity contribution < 1.29 is 13.2 Å². The monoisotopic (exact) mass is 408 g/mol. The third-order valence-electron chi connectivity index (χ3n) is 6.50. The van der Waals surface area contributed by atoms with Crippen LogP contribution in [0.1, 0.15) is 44.9 Å². The van der Waals surface area contributed by atoms with Crippen LogP contribution in [-0.4, -0.2) is 74.1 Å². The van der Waals surface area contributed by atoms with Gasteiger partial charge in [-0.3, -0.25) is 4.90 Å². The maximum atomic E-state index is 12.7. The molecule has 1 aromatic heterocycles. The molecule has 1 aliphatic carbocycles. The predicted molar refractivity (Wildman–Crippen MR) is 109 cm³/mol. The van der Waals surface area contributed by atoms with E-state index in [1.54, 1.807) is 16.4 Å². The Labute approximate surface area is 168 Å². The van der Waals surface area contributed by atoms with Gasteiger partial charge in [0, 0.05) is 44.5 Å². The van der Waals surface area contributed by atoms with Crippen LogP contribution in [0.25, 0.3) is 0 Å². The number of hydrogen-bond acceptors (Lipinski definition) is 6. The molecule has 0 amide bonds. The highest BCUT2D eigenvalue weighted by Crippen LogP contribution is 2.34. The van der Waals surface area contributed by atoms with Crippen molar-refractivity contribution in [2.45, 2.75) is 55.4 Å². The topological polar surface area (TPSA) is 74.8 Å². The highest BCUT2D eigenvalue weighted by molar-refractivity contribution is 7.89. The van der Waals surface area contributed by atoms with Crippen LogP contribution in [0.15, 0.2) is 23.2 Å². The van der Waals surface area contributed by atoms with E-state index < -0.39 is 10.0 Å². The molecule has 2 saturated heterocycles. The summed E-state index contributed by atoms with van der Waals surface area (Å²) in [5.41, 5.74) is 0.157. The van der Waals surface area contributed by atoms with Gasteiger partial charge in [-0.25, -0.2) is 13.4 Å². The summed E-state index contributed by atoms with van der Waals surface area (Å²) in [6.07, 6.45) is 9.61. The predicted octanol–water partition coefficient (Wildman–Crippen LogP) is 2.31. The van der Waals surface area contributed by atoms with Gasteiger partial charge in [0.2, 0.25) is 10.0 Å². The van der Waals surface area contributed by atoms with E-state index in [0.717, 1.165) is 51.5 Å². The smallest absolute Gasteiger partial charge is 0.244 e. The van der Waals surface area contributed by atoms with E-state index in [9.17, 15) is 8.42 Å².